The van der Waals surface area contributed by atoms with Crippen LogP contribution in [0.5, 0.6) is 0 Å². The van der Waals surface area contributed by atoms with Crippen LogP contribution in [0.3, 0.4) is 0 Å². The molecule has 1 aromatic heterocycles. The van der Waals surface area contributed by atoms with Gasteiger partial charge in [-0.3, -0.25) is 4.79 Å². The Labute approximate surface area is 120 Å². The van der Waals surface area contributed by atoms with E-state index in [1.165, 1.54) is 12.1 Å². The molecule has 6 heteroatoms. The number of carboxylic acid groups (broad SMARTS) is 1. The van der Waals surface area contributed by atoms with Crippen LogP contribution in [-0.4, -0.2) is 22.0 Å². The Kier molecular flexibility index (Phi) is 4.00. The van der Waals surface area contributed by atoms with Gasteiger partial charge < -0.3 is 10.4 Å². The van der Waals surface area contributed by atoms with Crippen LogP contribution in [0.15, 0.2) is 36.4 Å². The number of carbonyl (C=O) groups excluding carboxylic acids is 1. The van der Waals surface area contributed by atoms with Crippen LogP contribution in [0, 0.1) is 6.92 Å². The van der Waals surface area contributed by atoms with Gasteiger partial charge in [0.1, 0.15) is 10.8 Å². The number of nitrogens with one attached hydrogen (secondary N) is 1. The molecule has 0 unspecified atom stereocenters. The molecule has 20 heavy (non-hydrogen) atoms. The van der Waals surface area contributed by atoms with Gasteiger partial charge in [0.2, 0.25) is 0 Å². The highest BCUT2D eigenvalue weighted by atomic mass is 35.5. The van der Waals surface area contributed by atoms with Gasteiger partial charge in [-0.1, -0.05) is 29.8 Å². The molecule has 0 saturated heterocycles. The number of carboxylic acids is 1. The van der Waals surface area contributed by atoms with Gasteiger partial charge in [-0.25, -0.2) is 9.78 Å². The van der Waals surface area contributed by atoms with Crippen molar-refractivity contribution >= 4 is 29.2 Å². The van der Waals surface area contributed by atoms with E-state index in [0.717, 1.165) is 0 Å². The topological polar surface area (TPSA) is 79.3 Å². The van der Waals surface area contributed by atoms with Crippen LogP contribution in [0.25, 0.3) is 0 Å². The maximum Gasteiger partial charge on any atom is 0.338 e. The van der Waals surface area contributed by atoms with Crippen LogP contribution in [0.2, 0.25) is 5.15 Å². The molecule has 0 bridgehead atoms. The molecule has 102 valence electrons. The number of hydrogen-bond donors (Lipinski definition) is 2. The zero-order valence-electron chi connectivity index (χ0n) is 10.6. The van der Waals surface area contributed by atoms with Crippen molar-refractivity contribution in [3.8, 4) is 0 Å². The van der Waals surface area contributed by atoms with Crippen LogP contribution in [0.1, 0.15) is 26.4 Å². The van der Waals surface area contributed by atoms with Gasteiger partial charge in [-0.15, -0.1) is 0 Å². The number of amides is 1. The third-order valence-corrected chi connectivity index (χ3v) is 2.89. The smallest absolute Gasteiger partial charge is 0.338 e. The number of aromatic nitrogens is 1. The molecule has 2 rings (SSSR count). The van der Waals surface area contributed by atoms with Crippen molar-refractivity contribution in [1.29, 1.82) is 0 Å². The van der Waals surface area contributed by atoms with Crippen molar-refractivity contribution < 1.29 is 14.7 Å². The van der Waals surface area contributed by atoms with E-state index in [4.69, 9.17) is 11.6 Å². The van der Waals surface area contributed by atoms with Gasteiger partial charge in [0.25, 0.3) is 5.91 Å². The van der Waals surface area contributed by atoms with Crippen molar-refractivity contribution in [2.75, 3.05) is 5.32 Å². The molecular formula is C14H11ClN2O3. The zero-order chi connectivity index (χ0) is 14.7. The third kappa shape index (κ3) is 2.95. The summed E-state index contributed by atoms with van der Waals surface area (Å²) in [6.45, 7) is 1.66. The van der Waals surface area contributed by atoms with Gasteiger partial charge in [-0.2, -0.15) is 0 Å². The molecule has 5 nitrogen and oxygen atoms in total. The Balaban J connectivity index is 2.33. The first-order chi connectivity index (χ1) is 9.49. The lowest BCUT2D eigenvalue weighted by molar-refractivity contribution is 0.0697. The minimum Gasteiger partial charge on any atom is -0.478 e. The summed E-state index contributed by atoms with van der Waals surface area (Å²) in [6.07, 6.45) is 0. The summed E-state index contributed by atoms with van der Waals surface area (Å²) in [5.41, 5.74) is 0.969. The third-order valence-electron chi connectivity index (χ3n) is 2.68. The number of rotatable bonds is 3. The molecule has 1 heterocycles. The quantitative estimate of drug-likeness (QED) is 0.852. The molecule has 0 aliphatic heterocycles. The Hall–Kier alpha value is -2.40. The molecule has 0 radical (unpaired) electrons. The first-order valence-corrected chi connectivity index (χ1v) is 6.13. The van der Waals surface area contributed by atoms with E-state index in [-0.39, 0.29) is 22.1 Å². The van der Waals surface area contributed by atoms with Crippen molar-refractivity contribution in [3.63, 3.8) is 0 Å². The van der Waals surface area contributed by atoms with Crippen molar-refractivity contribution in [3.05, 3.63) is 58.4 Å². The molecule has 0 atom stereocenters. The molecule has 0 aliphatic carbocycles. The second-order valence-corrected chi connectivity index (χ2v) is 4.49. The van der Waals surface area contributed by atoms with Crippen molar-refractivity contribution in [2.24, 2.45) is 0 Å². The Bertz CT molecular complexity index is 686. The summed E-state index contributed by atoms with van der Waals surface area (Å²) in [5.74, 6) is -1.61. The van der Waals surface area contributed by atoms with E-state index >= 15 is 0 Å². The monoisotopic (exact) mass is 290 g/mol. The minimum absolute atomic E-state index is 0.0582. The summed E-state index contributed by atoms with van der Waals surface area (Å²) in [6, 6.07) is 9.50. The van der Waals surface area contributed by atoms with Crippen LogP contribution in [0.4, 0.5) is 5.69 Å². The molecular weight excluding hydrogens is 280 g/mol. The number of nitrogens with zero attached hydrogens (tertiary/aromatic N) is 1. The maximum atomic E-state index is 12.0. The normalized spacial score (nSPS) is 10.1. The highest BCUT2D eigenvalue weighted by Gasteiger charge is 2.16. The number of anilines is 1. The van der Waals surface area contributed by atoms with Crippen LogP contribution >= 0.6 is 11.6 Å². The van der Waals surface area contributed by atoms with Crippen LogP contribution < -0.4 is 5.32 Å². The molecule has 1 amide bonds. The first-order valence-electron chi connectivity index (χ1n) is 5.76. The summed E-state index contributed by atoms with van der Waals surface area (Å²) >= 11 is 5.71. The average Bonchev–Trinajstić information content (AvgIpc) is 2.38. The van der Waals surface area contributed by atoms with E-state index in [9.17, 15) is 14.7 Å². The first kappa shape index (κ1) is 14.0. The summed E-state index contributed by atoms with van der Waals surface area (Å²) < 4.78 is 0. The number of benzene rings is 1. The van der Waals surface area contributed by atoms with E-state index < -0.39 is 11.9 Å². The molecule has 0 saturated carbocycles. The van der Waals surface area contributed by atoms with Crippen molar-refractivity contribution in [1.82, 2.24) is 4.98 Å². The van der Waals surface area contributed by atoms with Gasteiger partial charge >= 0.3 is 5.97 Å². The number of aromatic carboxylic acids is 1. The van der Waals surface area contributed by atoms with Crippen LogP contribution in [-0.2, 0) is 0 Å². The number of hydrogen-bond acceptors (Lipinski definition) is 3. The Morgan fingerprint density at radius 1 is 1.20 bits per heavy atom. The second kappa shape index (κ2) is 5.71. The van der Waals surface area contributed by atoms with Gasteiger partial charge in [0, 0.05) is 0 Å². The summed E-state index contributed by atoms with van der Waals surface area (Å²) in [4.78, 5) is 27.1. The Morgan fingerprint density at radius 2 is 1.90 bits per heavy atom. The van der Waals surface area contributed by atoms with Gasteiger partial charge in [0.15, 0.2) is 0 Å². The highest BCUT2D eigenvalue weighted by Crippen LogP contribution is 2.20. The summed E-state index contributed by atoms with van der Waals surface area (Å²) in [7, 11) is 0. The van der Waals surface area contributed by atoms with Crippen molar-refractivity contribution in [2.45, 2.75) is 6.92 Å². The number of halogens is 1. The highest BCUT2D eigenvalue weighted by molar-refractivity contribution is 6.29. The van der Waals surface area contributed by atoms with E-state index in [1.54, 1.807) is 31.2 Å². The zero-order valence-corrected chi connectivity index (χ0v) is 11.3. The fourth-order valence-electron chi connectivity index (χ4n) is 1.78. The standard InChI is InChI=1S/C14H11ClN2O3/c1-8-4-2-5-9(12(8)14(19)20)17-13(18)10-6-3-7-11(15)16-10/h2-7H,1H3,(H,17,18)(H,19,20). The predicted octanol–water partition coefficient (Wildman–Crippen LogP) is 2.99. The maximum absolute atomic E-state index is 12.0. The number of pyridine rings is 1. The summed E-state index contributed by atoms with van der Waals surface area (Å²) in [5, 5.41) is 11.9. The molecule has 2 N–H and O–H groups in total. The fourth-order valence-corrected chi connectivity index (χ4v) is 1.94. The second-order valence-electron chi connectivity index (χ2n) is 4.10. The lowest BCUT2D eigenvalue weighted by Crippen LogP contribution is -2.16. The molecule has 0 aliphatic rings. The predicted molar refractivity (Wildman–Crippen MR) is 75.3 cm³/mol. The lowest BCUT2D eigenvalue weighted by atomic mass is 10.1. The SMILES string of the molecule is Cc1cccc(NC(=O)c2cccc(Cl)n2)c1C(=O)O. The minimum atomic E-state index is -1.10. The average molecular weight is 291 g/mol. The Morgan fingerprint density at radius 3 is 2.55 bits per heavy atom. The number of aryl methyl sites for hydroxylation is 1. The van der Waals surface area contributed by atoms with Gasteiger partial charge in [0.05, 0.1) is 11.3 Å². The van der Waals surface area contributed by atoms with E-state index in [0.29, 0.717) is 5.56 Å². The molecule has 2 aromatic rings. The van der Waals surface area contributed by atoms with E-state index in [1.807, 2.05) is 0 Å². The largest absolute Gasteiger partial charge is 0.478 e. The molecule has 1 aromatic carbocycles. The fraction of sp³-hybridized carbons (Fsp3) is 0.0714. The van der Waals surface area contributed by atoms with E-state index in [2.05, 4.69) is 10.3 Å². The molecule has 0 fully saturated rings. The number of carbonyl (C=O) groups is 2. The lowest BCUT2D eigenvalue weighted by Gasteiger charge is -2.10. The molecule has 0 spiro atoms. The van der Waals surface area contributed by atoms with Gasteiger partial charge in [-0.05, 0) is 30.7 Å².